The molecule has 0 aliphatic heterocycles. The highest BCUT2D eigenvalue weighted by molar-refractivity contribution is 7.91. The van der Waals surface area contributed by atoms with E-state index in [-0.39, 0.29) is 6.10 Å². The quantitative estimate of drug-likeness (QED) is 0.682. The summed E-state index contributed by atoms with van der Waals surface area (Å²) < 4.78 is 28.7. The predicted octanol–water partition coefficient (Wildman–Crippen LogP) is 2.09. The summed E-state index contributed by atoms with van der Waals surface area (Å²) in [7, 11) is -3.08. The molecular weight excluding hydrogens is 290 g/mol. The Labute approximate surface area is 125 Å². The maximum atomic E-state index is 12.1. The molecule has 1 aromatic rings. The van der Waals surface area contributed by atoms with Crippen molar-refractivity contribution in [1.29, 1.82) is 0 Å². The van der Waals surface area contributed by atoms with Crippen molar-refractivity contribution in [1.82, 2.24) is 0 Å². The van der Waals surface area contributed by atoms with Crippen LogP contribution in [0.15, 0.2) is 18.2 Å². The first-order valence-electron chi connectivity index (χ1n) is 7.03. The average Bonchev–Trinajstić information content (AvgIpc) is 2.41. The van der Waals surface area contributed by atoms with E-state index in [2.05, 4.69) is 0 Å². The Morgan fingerprint density at radius 3 is 2.67 bits per heavy atom. The Kier molecular flexibility index (Phi) is 4.56. The minimum Gasteiger partial charge on any atom is -0.459 e. The second-order valence-corrected chi connectivity index (χ2v) is 8.04. The Morgan fingerprint density at radius 2 is 2.05 bits per heavy atom. The number of sulfone groups is 1. The summed E-state index contributed by atoms with van der Waals surface area (Å²) in [5, 5.41) is -0.410. The van der Waals surface area contributed by atoms with Gasteiger partial charge in [-0.05, 0) is 43.9 Å². The lowest BCUT2D eigenvalue weighted by Gasteiger charge is -2.27. The zero-order chi connectivity index (χ0) is 15.6. The van der Waals surface area contributed by atoms with Gasteiger partial charge in [-0.15, -0.1) is 0 Å². The number of aryl methyl sites for hydroxylation is 1. The molecule has 21 heavy (non-hydrogen) atoms. The van der Waals surface area contributed by atoms with Gasteiger partial charge >= 0.3 is 5.97 Å². The number of hydrogen-bond acceptors (Lipinski definition) is 5. The number of ether oxygens (including phenoxy) is 1. The molecule has 1 aromatic carbocycles. The fourth-order valence-corrected chi connectivity index (χ4v) is 3.74. The zero-order valence-corrected chi connectivity index (χ0v) is 13.2. The van der Waals surface area contributed by atoms with Crippen LogP contribution in [0.1, 0.15) is 41.6 Å². The van der Waals surface area contributed by atoms with Crippen LogP contribution in [0.5, 0.6) is 0 Å². The minimum atomic E-state index is -3.08. The Hall–Kier alpha value is -1.56. The van der Waals surface area contributed by atoms with Crippen molar-refractivity contribution in [2.45, 2.75) is 44.0 Å². The van der Waals surface area contributed by atoms with E-state index >= 15 is 0 Å². The number of nitrogen functional groups attached to an aromatic ring is 1. The summed E-state index contributed by atoms with van der Waals surface area (Å²) in [5.74, 6) is -0.444. The van der Waals surface area contributed by atoms with Gasteiger partial charge in [0.1, 0.15) is 15.9 Å². The molecule has 0 saturated heterocycles. The topological polar surface area (TPSA) is 86.5 Å². The summed E-state index contributed by atoms with van der Waals surface area (Å²) in [5.41, 5.74) is 7.63. The maximum absolute atomic E-state index is 12.1. The van der Waals surface area contributed by atoms with Gasteiger partial charge in [0, 0.05) is 18.4 Å². The van der Waals surface area contributed by atoms with E-state index in [1.54, 1.807) is 18.2 Å². The van der Waals surface area contributed by atoms with Crippen molar-refractivity contribution in [2.75, 3.05) is 12.0 Å². The molecule has 2 atom stereocenters. The Balaban J connectivity index is 2.03. The Morgan fingerprint density at radius 1 is 1.33 bits per heavy atom. The average molecular weight is 311 g/mol. The summed E-state index contributed by atoms with van der Waals surface area (Å²) in [6.45, 7) is 1.86. The fraction of sp³-hybridized carbons (Fsp3) is 0.533. The fourth-order valence-electron chi connectivity index (χ4n) is 2.58. The number of rotatable bonds is 3. The van der Waals surface area contributed by atoms with E-state index in [4.69, 9.17) is 10.5 Å². The number of nitrogens with two attached hydrogens (primary N) is 1. The molecule has 2 N–H and O–H groups in total. The standard InChI is InChI=1S/C15H21NO4S/c1-10-6-7-11(8-14(10)16)15(17)20-12-4-3-5-13(9-12)21(2,18)19/h6-8,12-13H,3-5,9,16H2,1-2H3. The molecule has 1 fully saturated rings. The number of benzene rings is 1. The molecule has 1 aliphatic rings. The Bertz CT molecular complexity index is 639. The largest absolute Gasteiger partial charge is 0.459 e. The molecule has 1 saturated carbocycles. The van der Waals surface area contributed by atoms with E-state index in [9.17, 15) is 13.2 Å². The van der Waals surface area contributed by atoms with Crippen molar-refractivity contribution < 1.29 is 17.9 Å². The summed E-state index contributed by atoms with van der Waals surface area (Å²) in [4.78, 5) is 12.1. The lowest BCUT2D eigenvalue weighted by atomic mass is 9.97. The van der Waals surface area contributed by atoms with Crippen molar-refractivity contribution in [3.05, 3.63) is 29.3 Å². The van der Waals surface area contributed by atoms with Gasteiger partial charge in [-0.2, -0.15) is 0 Å². The molecule has 0 amide bonds. The second-order valence-electron chi connectivity index (χ2n) is 5.72. The van der Waals surface area contributed by atoms with E-state index in [0.717, 1.165) is 12.0 Å². The first-order chi connectivity index (χ1) is 9.77. The van der Waals surface area contributed by atoms with Gasteiger partial charge in [-0.25, -0.2) is 13.2 Å². The van der Waals surface area contributed by atoms with Crippen LogP contribution in [-0.4, -0.2) is 32.0 Å². The molecule has 5 nitrogen and oxygen atoms in total. The molecular formula is C15H21NO4S. The zero-order valence-electron chi connectivity index (χ0n) is 12.3. The molecule has 2 unspecified atom stereocenters. The first-order valence-corrected chi connectivity index (χ1v) is 8.99. The van der Waals surface area contributed by atoms with Crippen LogP contribution in [0.4, 0.5) is 5.69 Å². The number of hydrogen-bond donors (Lipinski definition) is 1. The van der Waals surface area contributed by atoms with Gasteiger partial charge in [0.15, 0.2) is 0 Å². The van der Waals surface area contributed by atoms with Gasteiger partial charge in [0.25, 0.3) is 0 Å². The van der Waals surface area contributed by atoms with Gasteiger partial charge in [-0.1, -0.05) is 6.07 Å². The smallest absolute Gasteiger partial charge is 0.338 e. The first kappa shape index (κ1) is 15.8. The third-order valence-electron chi connectivity index (χ3n) is 3.97. The number of anilines is 1. The molecule has 6 heteroatoms. The highest BCUT2D eigenvalue weighted by Gasteiger charge is 2.31. The van der Waals surface area contributed by atoms with E-state index in [1.807, 2.05) is 6.92 Å². The van der Waals surface area contributed by atoms with Gasteiger partial charge in [0.2, 0.25) is 0 Å². The van der Waals surface area contributed by atoms with Crippen LogP contribution in [0.25, 0.3) is 0 Å². The van der Waals surface area contributed by atoms with E-state index in [0.29, 0.717) is 30.5 Å². The van der Waals surface area contributed by atoms with Gasteiger partial charge in [0.05, 0.1) is 10.8 Å². The number of carbonyl (C=O) groups is 1. The highest BCUT2D eigenvalue weighted by atomic mass is 32.2. The third-order valence-corrected chi connectivity index (χ3v) is 5.61. The molecule has 116 valence electrons. The molecule has 0 spiro atoms. The molecule has 2 rings (SSSR count). The van der Waals surface area contributed by atoms with Gasteiger partial charge < -0.3 is 10.5 Å². The lowest BCUT2D eigenvalue weighted by Crippen LogP contribution is -2.32. The van der Waals surface area contributed by atoms with E-state index in [1.165, 1.54) is 6.26 Å². The molecule has 0 radical (unpaired) electrons. The van der Waals surface area contributed by atoms with Crippen molar-refractivity contribution >= 4 is 21.5 Å². The van der Waals surface area contributed by atoms with Crippen molar-refractivity contribution in [3.63, 3.8) is 0 Å². The third kappa shape index (κ3) is 3.97. The lowest BCUT2D eigenvalue weighted by molar-refractivity contribution is 0.0215. The summed E-state index contributed by atoms with van der Waals surface area (Å²) >= 11 is 0. The summed E-state index contributed by atoms with van der Waals surface area (Å²) in [6, 6.07) is 5.03. The van der Waals surface area contributed by atoms with Crippen LogP contribution in [0.3, 0.4) is 0 Å². The second kappa shape index (κ2) is 6.05. The monoisotopic (exact) mass is 311 g/mol. The normalized spacial score (nSPS) is 22.8. The SMILES string of the molecule is Cc1ccc(C(=O)OC2CCCC(S(C)(=O)=O)C2)cc1N. The molecule has 0 bridgehead atoms. The van der Waals surface area contributed by atoms with Crippen LogP contribution in [-0.2, 0) is 14.6 Å². The number of carbonyl (C=O) groups excluding carboxylic acids is 1. The molecule has 0 heterocycles. The summed E-state index contributed by atoms with van der Waals surface area (Å²) in [6.07, 6.45) is 3.39. The minimum absolute atomic E-state index is 0.339. The molecule has 0 aromatic heterocycles. The maximum Gasteiger partial charge on any atom is 0.338 e. The molecule has 1 aliphatic carbocycles. The van der Waals surface area contributed by atoms with Crippen LogP contribution >= 0.6 is 0 Å². The van der Waals surface area contributed by atoms with Gasteiger partial charge in [-0.3, -0.25) is 0 Å². The van der Waals surface area contributed by atoms with E-state index < -0.39 is 21.1 Å². The van der Waals surface area contributed by atoms with Crippen molar-refractivity contribution in [3.8, 4) is 0 Å². The van der Waals surface area contributed by atoms with Crippen molar-refractivity contribution in [2.24, 2.45) is 0 Å². The highest BCUT2D eigenvalue weighted by Crippen LogP contribution is 2.26. The van der Waals surface area contributed by atoms with Crippen LogP contribution in [0.2, 0.25) is 0 Å². The predicted molar refractivity (Wildman–Crippen MR) is 81.9 cm³/mol. The van der Waals surface area contributed by atoms with Crippen LogP contribution in [0, 0.1) is 6.92 Å². The number of esters is 1. The van der Waals surface area contributed by atoms with Crippen LogP contribution < -0.4 is 5.73 Å².